The quantitative estimate of drug-likeness (QED) is 0.795. The molecule has 10 heteroatoms. The second-order valence-electron chi connectivity index (χ2n) is 4.68. The maximum Gasteiger partial charge on any atom is 0.247 e. The Bertz CT molecular complexity index is 1490. The number of ether oxygens (including phenoxy) is 1. The summed E-state index contributed by atoms with van der Waals surface area (Å²) in [5, 5.41) is 9.98. The van der Waals surface area contributed by atoms with Gasteiger partial charge in [-0.3, -0.25) is 4.79 Å². The number of piperazine rings is 1. The van der Waals surface area contributed by atoms with Crippen molar-refractivity contribution in [2.45, 2.75) is 4.90 Å². The lowest BCUT2D eigenvalue weighted by molar-refractivity contribution is -0.122. The monoisotopic (exact) mass is 435 g/mol. The maximum atomic E-state index is 13.7. The summed E-state index contributed by atoms with van der Waals surface area (Å²) in [6, 6.07) is -4.50. The number of sulfonamides is 1. The van der Waals surface area contributed by atoms with E-state index in [0.717, 1.165) is 0 Å². The fraction of sp³-hybridized carbons (Fsp3) is 0.176. The summed E-state index contributed by atoms with van der Waals surface area (Å²) in [6.07, 6.45) is 0. The zero-order valence-corrected chi connectivity index (χ0v) is 15.2. The van der Waals surface area contributed by atoms with E-state index in [1.165, 1.54) is 6.07 Å². The van der Waals surface area contributed by atoms with E-state index in [2.05, 4.69) is 0 Å². The van der Waals surface area contributed by atoms with Crippen LogP contribution in [0.25, 0.3) is 0 Å². The van der Waals surface area contributed by atoms with E-state index in [4.69, 9.17) is 41.6 Å². The Balaban J connectivity index is 2.46. The van der Waals surface area contributed by atoms with Gasteiger partial charge in [-0.15, -0.1) is 0 Å². The Hall–Kier alpha value is -2.31. The lowest BCUT2D eigenvalue weighted by Gasteiger charge is -2.26. The van der Waals surface area contributed by atoms with Gasteiger partial charge in [-0.1, -0.05) is 23.2 Å². The first-order chi connectivity index (χ1) is 16.8. The molecular formula is C17H13Cl2N3O4S. The van der Waals surface area contributed by atoms with Gasteiger partial charge in [-0.2, -0.15) is 9.57 Å². The first-order valence-electron chi connectivity index (χ1n) is 11.8. The predicted octanol–water partition coefficient (Wildman–Crippen LogP) is 2.78. The van der Waals surface area contributed by atoms with Gasteiger partial charge >= 0.3 is 0 Å². The van der Waals surface area contributed by atoms with Gasteiger partial charge in [0.2, 0.25) is 15.9 Å². The number of hydrogen-bond donors (Lipinski definition) is 1. The number of hydrogen-bond acceptors (Lipinski definition) is 5. The first-order valence-corrected chi connectivity index (χ1v) is 9.03. The summed E-state index contributed by atoms with van der Waals surface area (Å²) in [7, 11) is -5.69. The summed E-state index contributed by atoms with van der Waals surface area (Å²) < 4.78 is 113. The summed E-state index contributed by atoms with van der Waals surface area (Å²) in [4.78, 5) is 10.6. The fourth-order valence-corrected chi connectivity index (χ4v) is 3.42. The topological polar surface area (TPSA) is 99.5 Å². The molecule has 2 aromatic carbocycles. The third-order valence-corrected chi connectivity index (χ3v) is 4.78. The number of rotatable bonds is 4. The van der Waals surface area contributed by atoms with Gasteiger partial charge in [0.1, 0.15) is 16.4 Å². The molecule has 7 nitrogen and oxygen atoms in total. The Morgan fingerprint density at radius 1 is 1.26 bits per heavy atom. The van der Waals surface area contributed by atoms with Crippen molar-refractivity contribution < 1.29 is 31.7 Å². The maximum absolute atomic E-state index is 13.7. The Morgan fingerprint density at radius 3 is 2.63 bits per heavy atom. The molecule has 1 saturated heterocycles. The molecule has 1 N–H and O–H groups in total. The molecule has 27 heavy (non-hydrogen) atoms. The minimum absolute atomic E-state index is 0.494. The molecule has 0 saturated carbocycles. The molecular weight excluding hydrogens is 413 g/mol. The van der Waals surface area contributed by atoms with E-state index in [0.29, 0.717) is 0 Å². The number of amides is 1. The highest BCUT2D eigenvalue weighted by Gasteiger charge is 2.32. The minimum atomic E-state index is -5.69. The molecule has 1 amide bonds. The second-order valence-corrected chi connectivity index (χ2v) is 7.16. The van der Waals surface area contributed by atoms with Crippen LogP contribution in [0.4, 0.5) is 0 Å². The van der Waals surface area contributed by atoms with E-state index in [1.54, 1.807) is 0 Å². The predicted molar refractivity (Wildman–Crippen MR) is 99.5 cm³/mol. The molecule has 0 aliphatic carbocycles. The van der Waals surface area contributed by atoms with Crippen LogP contribution in [0.5, 0.6) is 11.5 Å². The Labute approximate surface area is 180 Å². The standard InChI is InChI=1S/C17H13Cl2N3O4S/c18-12-6-13(19)8-14(7-12)26-15-2-1-11(9-20)5-16(15)27(24,25)22-4-3-21-17(23)10-22/h1-2,5-8H,3-4,10H2,(H,21,23)/i1D,2D,4D2,5D,6D,7D,8D,10D2. The number of benzene rings is 2. The van der Waals surface area contributed by atoms with Crippen molar-refractivity contribution in [1.29, 1.82) is 5.26 Å². The molecule has 0 aromatic heterocycles. The van der Waals surface area contributed by atoms with Crippen LogP contribution in [0.1, 0.15) is 19.3 Å². The van der Waals surface area contributed by atoms with Crippen LogP contribution in [0.2, 0.25) is 10.0 Å². The van der Waals surface area contributed by atoms with Gasteiger partial charge in [-0.25, -0.2) is 8.42 Å². The summed E-state index contributed by atoms with van der Waals surface area (Å²) >= 11 is 11.7. The zero-order valence-electron chi connectivity index (χ0n) is 22.9. The average molecular weight is 436 g/mol. The van der Waals surface area contributed by atoms with Crippen molar-refractivity contribution in [3.05, 3.63) is 51.9 Å². The summed E-state index contributed by atoms with van der Waals surface area (Å²) in [6.45, 7) is -7.71. The minimum Gasteiger partial charge on any atom is -0.456 e. The van der Waals surface area contributed by atoms with Gasteiger partial charge in [0, 0.05) is 25.8 Å². The van der Waals surface area contributed by atoms with Crippen molar-refractivity contribution in [2.24, 2.45) is 0 Å². The highest BCUT2D eigenvalue weighted by Crippen LogP contribution is 2.34. The molecule has 0 spiro atoms. The molecule has 0 unspecified atom stereocenters. The molecule has 140 valence electrons. The van der Waals surface area contributed by atoms with Crippen LogP contribution in [-0.2, 0) is 14.8 Å². The van der Waals surface area contributed by atoms with Gasteiger partial charge in [0.05, 0.1) is 29.1 Å². The van der Waals surface area contributed by atoms with Crippen molar-refractivity contribution in [2.75, 3.05) is 19.5 Å². The largest absolute Gasteiger partial charge is 0.456 e. The molecule has 2 aromatic rings. The number of halogens is 2. The smallest absolute Gasteiger partial charge is 0.247 e. The number of nitrogens with zero attached hydrogens (tertiary/aromatic N) is 2. The Kier molecular flexibility index (Phi) is 2.95. The molecule has 0 atom stereocenters. The number of nitrogens with one attached hydrogen (secondary N) is 1. The highest BCUT2D eigenvalue weighted by molar-refractivity contribution is 7.89. The average Bonchev–Trinajstić information content (AvgIpc) is 2.79. The SMILES string of the molecule is [2H]c1c(Cl)c([2H])c(Oc2c([2H])c([2H])c(C#N)c([2H])c2S(=O)(=O)N2C([2H])([2H])CNC(=O)C2([2H])[2H])c([2H])c1Cl. The summed E-state index contributed by atoms with van der Waals surface area (Å²) in [5.74, 6) is -3.73. The van der Waals surface area contributed by atoms with Crippen molar-refractivity contribution in [3.63, 3.8) is 0 Å². The van der Waals surface area contributed by atoms with E-state index in [1.807, 2.05) is 5.32 Å². The van der Waals surface area contributed by atoms with E-state index in [9.17, 15) is 18.5 Å². The van der Waals surface area contributed by atoms with Crippen LogP contribution in [-0.4, -0.2) is 38.2 Å². The molecule has 0 bridgehead atoms. The molecule has 1 fully saturated rings. The third kappa shape index (κ3) is 4.34. The molecule has 3 rings (SSSR count). The van der Waals surface area contributed by atoms with Crippen LogP contribution in [0.3, 0.4) is 0 Å². The van der Waals surface area contributed by atoms with E-state index < -0.39 is 108 Å². The molecule has 1 aliphatic heterocycles. The van der Waals surface area contributed by atoms with Crippen molar-refractivity contribution in [3.8, 4) is 17.6 Å². The normalized spacial score (nSPS) is 24.1. The number of carbonyl (C=O) groups excluding carboxylic acids is 1. The van der Waals surface area contributed by atoms with Crippen molar-refractivity contribution in [1.82, 2.24) is 9.62 Å². The van der Waals surface area contributed by atoms with Gasteiger partial charge in [0.25, 0.3) is 0 Å². The molecule has 0 radical (unpaired) electrons. The number of nitriles is 1. The highest BCUT2D eigenvalue weighted by atomic mass is 35.5. The van der Waals surface area contributed by atoms with Gasteiger partial charge in [0.15, 0.2) is 0 Å². The number of carbonyl (C=O) groups is 1. The van der Waals surface area contributed by atoms with Crippen LogP contribution >= 0.6 is 23.2 Å². The second kappa shape index (κ2) is 7.74. The third-order valence-electron chi connectivity index (χ3n) is 2.90. The fourth-order valence-electron chi connectivity index (χ4n) is 1.83. The molecule has 1 heterocycles. The lowest BCUT2D eigenvalue weighted by Crippen LogP contribution is -2.49. The zero-order chi connectivity index (χ0) is 28.4. The van der Waals surface area contributed by atoms with Crippen molar-refractivity contribution >= 4 is 39.1 Å². The Morgan fingerprint density at radius 2 is 1.96 bits per heavy atom. The van der Waals surface area contributed by atoms with E-state index >= 15 is 0 Å². The first kappa shape index (κ1) is 10.3. The van der Waals surface area contributed by atoms with Crippen LogP contribution in [0, 0.1) is 11.3 Å². The van der Waals surface area contributed by atoms with Gasteiger partial charge < -0.3 is 10.1 Å². The molecule has 1 aliphatic rings. The van der Waals surface area contributed by atoms with Gasteiger partial charge in [-0.05, 0) is 36.3 Å². The van der Waals surface area contributed by atoms with Crippen LogP contribution in [0.15, 0.2) is 41.1 Å². The van der Waals surface area contributed by atoms with E-state index in [-0.39, 0.29) is 0 Å². The lowest BCUT2D eigenvalue weighted by atomic mass is 10.2. The summed E-state index contributed by atoms with van der Waals surface area (Å²) in [5.41, 5.74) is -0.978. The van der Waals surface area contributed by atoms with Crippen LogP contribution < -0.4 is 10.1 Å².